The molecule has 2 unspecified atom stereocenters. The summed E-state index contributed by atoms with van der Waals surface area (Å²) in [6, 6.07) is -3.50. The van der Waals surface area contributed by atoms with E-state index in [0.29, 0.717) is 6.08 Å². The Hall–Kier alpha value is -2.39. The maximum absolute atomic E-state index is 11.6. The SMILES string of the molecule is [N-]=[N+]=NC1C(=O)C=C(S(=O)(=O)O)C(=O)C1N=[N+]=[N-]. The van der Waals surface area contributed by atoms with Crippen molar-refractivity contribution < 1.29 is 22.6 Å². The summed E-state index contributed by atoms with van der Waals surface area (Å²) in [6.45, 7) is 0. The Bertz CT molecular complexity index is 637. The molecular weight excluding hydrogens is 268 g/mol. The van der Waals surface area contributed by atoms with E-state index in [1.54, 1.807) is 0 Å². The molecule has 0 bridgehead atoms. The molecule has 1 N–H and O–H groups in total. The topological polar surface area (TPSA) is 186 Å². The first-order valence-corrected chi connectivity index (χ1v) is 5.62. The van der Waals surface area contributed by atoms with Gasteiger partial charge in [0.15, 0.2) is 11.6 Å². The van der Waals surface area contributed by atoms with Gasteiger partial charge in [-0.2, -0.15) is 8.42 Å². The third kappa shape index (κ3) is 2.47. The lowest BCUT2D eigenvalue weighted by atomic mass is 9.95. The van der Waals surface area contributed by atoms with Crippen LogP contribution in [0.25, 0.3) is 20.9 Å². The number of ketones is 2. The van der Waals surface area contributed by atoms with E-state index in [4.69, 9.17) is 15.6 Å². The van der Waals surface area contributed by atoms with Crippen molar-refractivity contribution in [3.05, 3.63) is 31.9 Å². The zero-order valence-corrected chi connectivity index (χ0v) is 9.22. The molecule has 1 aliphatic carbocycles. The van der Waals surface area contributed by atoms with Crippen LogP contribution in [0, 0.1) is 0 Å². The standard InChI is InChI=1S/C6H4N6O5S/c7-11-9-4-2(13)1-3(18(15,16)17)6(14)5(4)10-12-8/h1,4-5H,(H,15,16,17). The molecule has 0 aromatic heterocycles. The molecule has 0 amide bonds. The quantitative estimate of drug-likeness (QED) is 0.333. The van der Waals surface area contributed by atoms with E-state index in [-0.39, 0.29) is 0 Å². The second kappa shape index (κ2) is 4.85. The Balaban J connectivity index is 3.47. The second-order valence-electron chi connectivity index (χ2n) is 3.05. The molecule has 0 aliphatic heterocycles. The number of Topliss-reactive ketones (excluding diaryl/α,β-unsaturated/α-hetero) is 1. The Morgan fingerprint density at radius 3 is 2.11 bits per heavy atom. The molecule has 0 aromatic carbocycles. The number of nitrogens with zero attached hydrogens (tertiary/aromatic N) is 6. The van der Waals surface area contributed by atoms with Gasteiger partial charge >= 0.3 is 0 Å². The highest BCUT2D eigenvalue weighted by Crippen LogP contribution is 2.22. The molecule has 18 heavy (non-hydrogen) atoms. The average Bonchev–Trinajstić information content (AvgIpc) is 2.26. The molecule has 0 spiro atoms. The smallest absolute Gasteiger partial charge is 0.294 e. The molecule has 11 nitrogen and oxygen atoms in total. The maximum atomic E-state index is 11.6. The van der Waals surface area contributed by atoms with E-state index in [1.807, 2.05) is 0 Å². The minimum absolute atomic E-state index is 0.334. The summed E-state index contributed by atoms with van der Waals surface area (Å²) in [5.74, 6) is -2.37. The number of hydrogen-bond acceptors (Lipinski definition) is 6. The number of rotatable bonds is 3. The third-order valence-corrected chi connectivity index (χ3v) is 2.88. The number of hydrogen-bond donors (Lipinski definition) is 1. The molecule has 0 fully saturated rings. The molecule has 1 aliphatic rings. The van der Waals surface area contributed by atoms with Gasteiger partial charge in [0.2, 0.25) is 0 Å². The summed E-state index contributed by atoms with van der Waals surface area (Å²) < 4.78 is 30.4. The van der Waals surface area contributed by atoms with Gasteiger partial charge in [0.05, 0.1) is 0 Å². The molecule has 0 aromatic rings. The van der Waals surface area contributed by atoms with Gasteiger partial charge in [0.1, 0.15) is 17.0 Å². The highest BCUT2D eigenvalue weighted by molar-refractivity contribution is 7.90. The predicted molar refractivity (Wildman–Crippen MR) is 55.5 cm³/mol. The van der Waals surface area contributed by atoms with Crippen LogP contribution in [0.4, 0.5) is 0 Å². The van der Waals surface area contributed by atoms with Crippen LogP contribution >= 0.6 is 0 Å². The molecule has 0 saturated heterocycles. The first-order chi connectivity index (χ1) is 8.32. The molecule has 94 valence electrons. The van der Waals surface area contributed by atoms with Gasteiger partial charge < -0.3 is 0 Å². The zero-order valence-electron chi connectivity index (χ0n) is 8.40. The fourth-order valence-corrected chi connectivity index (χ4v) is 1.92. The van der Waals surface area contributed by atoms with Crippen molar-refractivity contribution in [2.45, 2.75) is 12.1 Å². The lowest BCUT2D eigenvalue weighted by Crippen LogP contribution is -2.42. The van der Waals surface area contributed by atoms with Crippen molar-refractivity contribution in [2.75, 3.05) is 0 Å². The monoisotopic (exact) mass is 272 g/mol. The molecule has 1 rings (SSSR count). The zero-order chi connectivity index (χ0) is 13.9. The van der Waals surface area contributed by atoms with E-state index in [0.717, 1.165) is 0 Å². The van der Waals surface area contributed by atoms with Crippen molar-refractivity contribution >= 4 is 21.7 Å². The van der Waals surface area contributed by atoms with Gasteiger partial charge in [-0.05, 0) is 11.1 Å². The van der Waals surface area contributed by atoms with Gasteiger partial charge in [0.25, 0.3) is 10.1 Å². The van der Waals surface area contributed by atoms with Crippen molar-refractivity contribution in [1.82, 2.24) is 0 Å². The molecule has 0 radical (unpaired) electrons. The van der Waals surface area contributed by atoms with Crippen molar-refractivity contribution in [1.29, 1.82) is 0 Å². The van der Waals surface area contributed by atoms with E-state index < -0.39 is 38.7 Å². The summed E-state index contributed by atoms with van der Waals surface area (Å²) in [4.78, 5) is 26.4. The summed E-state index contributed by atoms with van der Waals surface area (Å²) >= 11 is 0. The maximum Gasteiger partial charge on any atom is 0.298 e. The van der Waals surface area contributed by atoms with Crippen LogP contribution in [0.3, 0.4) is 0 Å². The van der Waals surface area contributed by atoms with Crippen LogP contribution in [-0.4, -0.2) is 36.6 Å². The second-order valence-corrected chi connectivity index (χ2v) is 4.44. The van der Waals surface area contributed by atoms with Crippen molar-refractivity contribution in [3.8, 4) is 0 Å². The summed E-state index contributed by atoms with van der Waals surface area (Å²) in [5.41, 5.74) is 16.4. The number of azide groups is 2. The van der Waals surface area contributed by atoms with E-state index in [1.165, 1.54) is 0 Å². The fraction of sp³-hybridized carbons (Fsp3) is 0.333. The van der Waals surface area contributed by atoms with Gasteiger partial charge in [0, 0.05) is 15.9 Å². The van der Waals surface area contributed by atoms with Crippen LogP contribution in [-0.2, 0) is 19.7 Å². The van der Waals surface area contributed by atoms with Crippen molar-refractivity contribution in [3.63, 3.8) is 0 Å². The van der Waals surface area contributed by atoms with Gasteiger partial charge in [-0.15, -0.1) is 0 Å². The predicted octanol–water partition coefficient (Wildman–Crippen LogP) is 0.268. The van der Waals surface area contributed by atoms with Gasteiger partial charge in [-0.1, -0.05) is 10.2 Å². The van der Waals surface area contributed by atoms with Crippen LogP contribution in [0.15, 0.2) is 21.2 Å². The highest BCUT2D eigenvalue weighted by atomic mass is 32.2. The van der Waals surface area contributed by atoms with Gasteiger partial charge in [-0.3, -0.25) is 14.1 Å². The van der Waals surface area contributed by atoms with Crippen LogP contribution < -0.4 is 0 Å². The minimum atomic E-state index is -4.92. The van der Waals surface area contributed by atoms with Crippen LogP contribution in [0.2, 0.25) is 0 Å². The fourth-order valence-electron chi connectivity index (χ4n) is 1.28. The molecule has 12 heteroatoms. The van der Waals surface area contributed by atoms with E-state index in [9.17, 15) is 18.0 Å². The van der Waals surface area contributed by atoms with E-state index in [2.05, 4.69) is 20.1 Å². The number of carbonyl (C=O) groups excluding carboxylic acids is 2. The molecule has 2 atom stereocenters. The Labute approximate surface area is 99.1 Å². The van der Waals surface area contributed by atoms with Crippen LogP contribution in [0.5, 0.6) is 0 Å². The summed E-state index contributed by atoms with van der Waals surface area (Å²) in [6.07, 6.45) is 0.334. The lowest BCUT2D eigenvalue weighted by molar-refractivity contribution is -0.123. The summed E-state index contributed by atoms with van der Waals surface area (Å²) in [5, 5.41) is 5.86. The first kappa shape index (κ1) is 13.7. The van der Waals surface area contributed by atoms with Crippen LogP contribution in [0.1, 0.15) is 0 Å². The van der Waals surface area contributed by atoms with Gasteiger partial charge in [-0.25, -0.2) is 0 Å². The highest BCUT2D eigenvalue weighted by Gasteiger charge is 2.41. The third-order valence-electron chi connectivity index (χ3n) is 2.01. The molecule has 0 saturated carbocycles. The normalized spacial score (nSPS) is 23.7. The molecule has 0 heterocycles. The Kier molecular flexibility index (Phi) is 3.69. The van der Waals surface area contributed by atoms with E-state index >= 15 is 0 Å². The number of carbonyl (C=O) groups is 2. The lowest BCUT2D eigenvalue weighted by Gasteiger charge is -2.20. The Morgan fingerprint density at radius 1 is 1.17 bits per heavy atom. The molecular formula is C6H4N6O5S. The average molecular weight is 272 g/mol. The first-order valence-electron chi connectivity index (χ1n) is 4.18. The minimum Gasteiger partial charge on any atom is -0.294 e. The summed E-state index contributed by atoms with van der Waals surface area (Å²) in [7, 11) is -4.92. The Morgan fingerprint density at radius 2 is 1.67 bits per heavy atom. The largest absolute Gasteiger partial charge is 0.298 e. The van der Waals surface area contributed by atoms with Crippen molar-refractivity contribution in [2.24, 2.45) is 10.2 Å².